The van der Waals surface area contributed by atoms with Gasteiger partial charge in [0.2, 0.25) is 0 Å². The topological polar surface area (TPSA) is 84.2 Å². The maximum Gasteiger partial charge on any atom is 0.416 e. The molecule has 0 aliphatic heterocycles. The molecule has 0 aliphatic rings. The number of carbonyl (C=O) groups is 2. The Hall–Kier alpha value is -4.14. The highest BCUT2D eigenvalue weighted by Crippen LogP contribution is 2.33. The van der Waals surface area contributed by atoms with Gasteiger partial charge in [0.25, 0.3) is 5.91 Å². The number of carboxylic acids is 1. The van der Waals surface area contributed by atoms with Crippen molar-refractivity contribution < 1.29 is 27.9 Å². The molecule has 0 fully saturated rings. The largest absolute Gasteiger partial charge is 0.481 e. The summed E-state index contributed by atoms with van der Waals surface area (Å²) >= 11 is 0. The number of aromatic nitrogens is 2. The molecule has 3 aromatic carbocycles. The van der Waals surface area contributed by atoms with Crippen molar-refractivity contribution in [3.8, 4) is 11.1 Å². The van der Waals surface area contributed by atoms with Crippen molar-refractivity contribution in [2.75, 3.05) is 6.54 Å². The van der Waals surface area contributed by atoms with Gasteiger partial charge >= 0.3 is 12.1 Å². The van der Waals surface area contributed by atoms with Crippen LogP contribution in [0.15, 0.2) is 72.9 Å². The molecular formula is C29H28F3N3O3. The second-order valence-corrected chi connectivity index (χ2v) is 9.60. The van der Waals surface area contributed by atoms with Gasteiger partial charge in [-0.05, 0) is 65.4 Å². The minimum atomic E-state index is -4.38. The number of rotatable bonds is 9. The zero-order valence-corrected chi connectivity index (χ0v) is 21.0. The summed E-state index contributed by atoms with van der Waals surface area (Å²) in [5, 5.41) is 16.9. The van der Waals surface area contributed by atoms with Crippen molar-refractivity contribution in [2.24, 2.45) is 5.92 Å². The number of hydrogen-bond acceptors (Lipinski definition) is 3. The van der Waals surface area contributed by atoms with E-state index in [4.69, 9.17) is 5.11 Å². The first-order valence-corrected chi connectivity index (χ1v) is 12.3. The summed E-state index contributed by atoms with van der Waals surface area (Å²) in [6.45, 7) is 4.29. The van der Waals surface area contributed by atoms with Crippen LogP contribution in [0.2, 0.25) is 0 Å². The summed E-state index contributed by atoms with van der Waals surface area (Å²) < 4.78 is 40.7. The summed E-state index contributed by atoms with van der Waals surface area (Å²) in [5.41, 5.74) is 3.09. The predicted octanol–water partition coefficient (Wildman–Crippen LogP) is 6.56. The molecule has 4 rings (SSSR count). The zero-order chi connectivity index (χ0) is 27.4. The van der Waals surface area contributed by atoms with Gasteiger partial charge in [-0.2, -0.15) is 18.3 Å². The zero-order valence-electron chi connectivity index (χ0n) is 21.0. The smallest absolute Gasteiger partial charge is 0.416 e. The number of hydrogen-bond donors (Lipinski definition) is 2. The van der Waals surface area contributed by atoms with E-state index in [9.17, 15) is 22.8 Å². The van der Waals surface area contributed by atoms with E-state index in [1.807, 2.05) is 35.0 Å². The van der Waals surface area contributed by atoms with Crippen molar-refractivity contribution in [1.29, 1.82) is 0 Å². The quantitative estimate of drug-likeness (QED) is 0.260. The molecule has 38 heavy (non-hydrogen) atoms. The molecule has 0 saturated heterocycles. The first-order chi connectivity index (χ1) is 18.0. The van der Waals surface area contributed by atoms with Crippen LogP contribution in [-0.2, 0) is 11.0 Å². The third kappa shape index (κ3) is 6.22. The monoisotopic (exact) mass is 523 g/mol. The molecule has 1 amide bonds. The molecule has 198 valence electrons. The minimum Gasteiger partial charge on any atom is -0.481 e. The molecule has 9 heteroatoms. The minimum absolute atomic E-state index is 0.0552. The lowest BCUT2D eigenvalue weighted by Gasteiger charge is -2.21. The summed E-state index contributed by atoms with van der Waals surface area (Å²) in [6, 6.07) is 17.9. The van der Waals surface area contributed by atoms with Gasteiger partial charge in [0.05, 0.1) is 29.7 Å². The number of carbonyl (C=O) groups excluding carboxylic acids is 1. The fourth-order valence-corrected chi connectivity index (χ4v) is 4.40. The SMILES string of the molecule is CC(C)CC(c1ccc(C(=O)NCCC(=O)O)cc1)n1ncc2cc(-c3ccc(C(F)(F)F)cc3)ccc21. The summed E-state index contributed by atoms with van der Waals surface area (Å²) in [7, 11) is 0. The molecule has 1 unspecified atom stereocenters. The second kappa shape index (κ2) is 11.1. The third-order valence-corrected chi connectivity index (χ3v) is 6.31. The van der Waals surface area contributed by atoms with E-state index in [0.717, 1.165) is 40.6 Å². The van der Waals surface area contributed by atoms with Crippen LogP contribution in [0, 0.1) is 5.92 Å². The van der Waals surface area contributed by atoms with E-state index in [1.54, 1.807) is 18.3 Å². The number of nitrogens with one attached hydrogen (secondary N) is 1. The van der Waals surface area contributed by atoms with Crippen LogP contribution < -0.4 is 5.32 Å². The van der Waals surface area contributed by atoms with Crippen LogP contribution in [-0.4, -0.2) is 33.3 Å². The Morgan fingerprint density at radius 2 is 1.63 bits per heavy atom. The molecule has 2 N–H and O–H groups in total. The van der Waals surface area contributed by atoms with E-state index in [1.165, 1.54) is 12.1 Å². The molecule has 1 aromatic heterocycles. The van der Waals surface area contributed by atoms with Crippen molar-refractivity contribution in [2.45, 2.75) is 38.9 Å². The number of halogens is 3. The van der Waals surface area contributed by atoms with Gasteiger partial charge < -0.3 is 10.4 Å². The first kappa shape index (κ1) is 26.9. The van der Waals surface area contributed by atoms with Gasteiger partial charge in [0, 0.05) is 17.5 Å². The van der Waals surface area contributed by atoms with E-state index >= 15 is 0 Å². The lowest BCUT2D eigenvalue weighted by Crippen LogP contribution is -2.26. The highest BCUT2D eigenvalue weighted by atomic mass is 19.4. The Bertz CT molecular complexity index is 1430. The van der Waals surface area contributed by atoms with Crippen LogP contribution in [0.5, 0.6) is 0 Å². The van der Waals surface area contributed by atoms with E-state index in [-0.39, 0.29) is 24.9 Å². The highest BCUT2D eigenvalue weighted by molar-refractivity contribution is 5.94. The Morgan fingerprint density at radius 1 is 0.974 bits per heavy atom. The van der Waals surface area contributed by atoms with Crippen molar-refractivity contribution in [3.05, 3.63) is 89.6 Å². The molecular weight excluding hydrogens is 495 g/mol. The maximum absolute atomic E-state index is 12.9. The molecule has 0 saturated carbocycles. The Morgan fingerprint density at radius 3 is 2.24 bits per heavy atom. The van der Waals surface area contributed by atoms with Crippen LogP contribution in [0.25, 0.3) is 22.0 Å². The van der Waals surface area contributed by atoms with Gasteiger partial charge in [-0.3, -0.25) is 14.3 Å². The van der Waals surface area contributed by atoms with Crippen LogP contribution in [0.1, 0.15) is 54.2 Å². The van der Waals surface area contributed by atoms with Crippen LogP contribution in [0.3, 0.4) is 0 Å². The lowest BCUT2D eigenvalue weighted by atomic mass is 9.95. The average molecular weight is 524 g/mol. The fourth-order valence-electron chi connectivity index (χ4n) is 4.40. The van der Waals surface area contributed by atoms with Gasteiger partial charge in [-0.15, -0.1) is 0 Å². The molecule has 1 atom stereocenters. The van der Waals surface area contributed by atoms with Crippen LogP contribution >= 0.6 is 0 Å². The Labute approximate surface area is 218 Å². The normalized spacial score (nSPS) is 12.6. The van der Waals surface area contributed by atoms with Gasteiger partial charge in [0.15, 0.2) is 0 Å². The number of aliphatic carboxylic acids is 1. The molecule has 1 heterocycles. The molecule has 0 bridgehead atoms. The second-order valence-electron chi connectivity index (χ2n) is 9.60. The predicted molar refractivity (Wildman–Crippen MR) is 139 cm³/mol. The third-order valence-electron chi connectivity index (χ3n) is 6.31. The number of carboxylic acid groups (broad SMARTS) is 1. The Balaban J connectivity index is 1.60. The van der Waals surface area contributed by atoms with Gasteiger partial charge in [-0.25, -0.2) is 0 Å². The molecule has 0 radical (unpaired) electrons. The Kier molecular flexibility index (Phi) is 7.85. The number of nitrogens with zero attached hydrogens (tertiary/aromatic N) is 2. The molecule has 6 nitrogen and oxygen atoms in total. The first-order valence-electron chi connectivity index (χ1n) is 12.3. The standard InChI is InChI=1S/C29H28F3N3O3/c1-18(2)15-26(20-3-5-21(6-4-20)28(38)33-14-13-27(36)37)35-25-12-9-22(16-23(25)17-34-35)19-7-10-24(11-8-19)29(30,31)32/h3-12,16-18,26H,13-15H2,1-2H3,(H,33,38)(H,36,37). The molecule has 0 aliphatic carbocycles. The molecule has 4 aromatic rings. The lowest BCUT2D eigenvalue weighted by molar-refractivity contribution is -0.138. The van der Waals surface area contributed by atoms with E-state index in [0.29, 0.717) is 17.0 Å². The van der Waals surface area contributed by atoms with Gasteiger partial charge in [0.1, 0.15) is 0 Å². The van der Waals surface area contributed by atoms with E-state index < -0.39 is 17.7 Å². The van der Waals surface area contributed by atoms with Crippen molar-refractivity contribution in [1.82, 2.24) is 15.1 Å². The van der Waals surface area contributed by atoms with Gasteiger partial charge in [-0.1, -0.05) is 44.2 Å². The number of amides is 1. The average Bonchev–Trinajstić information content (AvgIpc) is 3.29. The maximum atomic E-state index is 12.9. The summed E-state index contributed by atoms with van der Waals surface area (Å²) in [5.74, 6) is -0.960. The summed E-state index contributed by atoms with van der Waals surface area (Å²) in [6.07, 6.45) is -1.98. The van der Waals surface area contributed by atoms with Crippen molar-refractivity contribution in [3.63, 3.8) is 0 Å². The summed E-state index contributed by atoms with van der Waals surface area (Å²) in [4.78, 5) is 23.0. The van der Waals surface area contributed by atoms with Crippen LogP contribution in [0.4, 0.5) is 13.2 Å². The number of fused-ring (bicyclic) bond motifs is 1. The number of alkyl halides is 3. The van der Waals surface area contributed by atoms with E-state index in [2.05, 4.69) is 24.3 Å². The van der Waals surface area contributed by atoms with Crippen molar-refractivity contribution >= 4 is 22.8 Å². The fraction of sp³-hybridized carbons (Fsp3) is 0.276. The number of benzene rings is 3. The molecule has 0 spiro atoms. The highest BCUT2D eigenvalue weighted by Gasteiger charge is 2.30.